The van der Waals surface area contributed by atoms with E-state index in [1.807, 2.05) is 0 Å². The van der Waals surface area contributed by atoms with Crippen LogP contribution >= 0.6 is 0 Å². The van der Waals surface area contributed by atoms with Gasteiger partial charge < -0.3 is 10.5 Å². The number of sulfonamides is 1. The number of carbonyl (C=O) groups is 1. The number of esters is 1. The van der Waals surface area contributed by atoms with E-state index in [9.17, 15) is 13.2 Å². The van der Waals surface area contributed by atoms with E-state index in [4.69, 9.17) is 10.5 Å². The highest BCUT2D eigenvalue weighted by atomic mass is 32.2. The zero-order valence-corrected chi connectivity index (χ0v) is 13.7. The van der Waals surface area contributed by atoms with Crippen molar-refractivity contribution in [1.82, 2.24) is 4.31 Å². The summed E-state index contributed by atoms with van der Waals surface area (Å²) in [5, 5.41) is 0. The Hall–Kier alpha value is -1.60. The van der Waals surface area contributed by atoms with Gasteiger partial charge in [0.15, 0.2) is 0 Å². The van der Waals surface area contributed by atoms with E-state index in [1.165, 1.54) is 7.05 Å². The molecule has 1 rings (SSSR count). The Morgan fingerprint density at radius 3 is 2.52 bits per heavy atom. The van der Waals surface area contributed by atoms with E-state index in [1.54, 1.807) is 32.9 Å². The lowest BCUT2D eigenvalue weighted by molar-refractivity contribution is -0.143. The van der Waals surface area contributed by atoms with Crippen molar-refractivity contribution in [3.8, 4) is 0 Å². The molecule has 0 bridgehead atoms. The SMILES string of the molecule is CCOC(=O)CCN(C)S(=O)(=O)c1cc(C)cc(N)c1C. The largest absolute Gasteiger partial charge is 0.466 e. The predicted octanol–water partition coefficient (Wildman–Crippen LogP) is 1.46. The second kappa shape index (κ2) is 6.91. The lowest BCUT2D eigenvalue weighted by Crippen LogP contribution is -2.30. The minimum atomic E-state index is -3.68. The van der Waals surface area contributed by atoms with Crippen molar-refractivity contribution >= 4 is 21.7 Å². The molecule has 0 saturated heterocycles. The Balaban J connectivity index is 2.98. The first kappa shape index (κ1) is 17.5. The van der Waals surface area contributed by atoms with Gasteiger partial charge in [-0.2, -0.15) is 0 Å². The molecule has 0 aliphatic heterocycles. The molecule has 0 spiro atoms. The summed E-state index contributed by atoms with van der Waals surface area (Å²) in [5.41, 5.74) is 7.55. The third-order valence-corrected chi connectivity index (χ3v) is 5.15. The van der Waals surface area contributed by atoms with Gasteiger partial charge in [-0.05, 0) is 44.0 Å². The molecule has 118 valence electrons. The van der Waals surface area contributed by atoms with Gasteiger partial charge in [0.1, 0.15) is 0 Å². The zero-order chi connectivity index (χ0) is 16.2. The lowest BCUT2D eigenvalue weighted by Gasteiger charge is -2.19. The fourth-order valence-corrected chi connectivity index (χ4v) is 3.40. The molecule has 1 aromatic rings. The van der Waals surface area contributed by atoms with Crippen LogP contribution in [0.15, 0.2) is 17.0 Å². The topological polar surface area (TPSA) is 89.7 Å². The van der Waals surface area contributed by atoms with Crippen LogP contribution in [0.4, 0.5) is 5.69 Å². The Labute approximate surface area is 125 Å². The van der Waals surface area contributed by atoms with Crippen molar-refractivity contribution in [1.29, 1.82) is 0 Å². The van der Waals surface area contributed by atoms with E-state index in [2.05, 4.69) is 0 Å². The molecule has 0 aliphatic carbocycles. The van der Waals surface area contributed by atoms with Gasteiger partial charge in [-0.1, -0.05) is 0 Å². The number of hydrogen-bond acceptors (Lipinski definition) is 5. The van der Waals surface area contributed by atoms with Crippen molar-refractivity contribution in [2.24, 2.45) is 0 Å². The fourth-order valence-electron chi connectivity index (χ4n) is 1.89. The smallest absolute Gasteiger partial charge is 0.307 e. The van der Waals surface area contributed by atoms with Gasteiger partial charge in [0, 0.05) is 19.3 Å². The second-order valence-corrected chi connectivity index (χ2v) is 6.87. The molecule has 0 atom stereocenters. The van der Waals surface area contributed by atoms with Gasteiger partial charge in [-0.25, -0.2) is 12.7 Å². The highest BCUT2D eigenvalue weighted by Crippen LogP contribution is 2.25. The van der Waals surface area contributed by atoms with Gasteiger partial charge >= 0.3 is 5.97 Å². The van der Waals surface area contributed by atoms with Crippen molar-refractivity contribution in [2.75, 3.05) is 25.9 Å². The molecule has 21 heavy (non-hydrogen) atoms. The van der Waals surface area contributed by atoms with Crippen LogP contribution in [0.2, 0.25) is 0 Å². The molecule has 0 fully saturated rings. The number of carbonyl (C=O) groups excluding carboxylic acids is 1. The molecule has 1 aromatic carbocycles. The Kier molecular flexibility index (Phi) is 5.74. The van der Waals surface area contributed by atoms with E-state index < -0.39 is 16.0 Å². The maximum absolute atomic E-state index is 12.5. The van der Waals surface area contributed by atoms with Crippen LogP contribution in [0.3, 0.4) is 0 Å². The summed E-state index contributed by atoms with van der Waals surface area (Å²) in [6, 6.07) is 3.31. The minimum Gasteiger partial charge on any atom is -0.466 e. The molecule has 0 aromatic heterocycles. The van der Waals surface area contributed by atoms with Gasteiger partial charge in [0.2, 0.25) is 10.0 Å². The molecule has 0 radical (unpaired) electrons. The van der Waals surface area contributed by atoms with Crippen molar-refractivity contribution in [2.45, 2.75) is 32.1 Å². The average molecular weight is 314 g/mol. The number of hydrogen-bond donors (Lipinski definition) is 1. The number of nitrogens with two attached hydrogens (primary N) is 1. The van der Waals surface area contributed by atoms with Crippen LogP contribution in [0.5, 0.6) is 0 Å². The van der Waals surface area contributed by atoms with E-state index >= 15 is 0 Å². The van der Waals surface area contributed by atoms with Crippen LogP contribution in [-0.2, 0) is 19.6 Å². The first-order chi connectivity index (χ1) is 9.70. The van der Waals surface area contributed by atoms with Crippen molar-refractivity contribution in [3.05, 3.63) is 23.3 Å². The van der Waals surface area contributed by atoms with Crippen molar-refractivity contribution in [3.63, 3.8) is 0 Å². The molecule has 0 amide bonds. The van der Waals surface area contributed by atoms with Crippen LogP contribution in [0.25, 0.3) is 0 Å². The van der Waals surface area contributed by atoms with E-state index in [0.29, 0.717) is 11.3 Å². The van der Waals surface area contributed by atoms with Crippen LogP contribution in [-0.4, -0.2) is 38.9 Å². The highest BCUT2D eigenvalue weighted by Gasteiger charge is 2.24. The molecule has 0 heterocycles. The molecule has 6 nitrogen and oxygen atoms in total. The number of aryl methyl sites for hydroxylation is 1. The zero-order valence-electron chi connectivity index (χ0n) is 12.8. The number of anilines is 1. The molecular weight excluding hydrogens is 292 g/mol. The standard InChI is InChI=1S/C14H22N2O4S/c1-5-20-14(17)6-7-16(4)21(18,19)13-9-10(2)8-12(15)11(13)3/h8-9H,5-7,15H2,1-4H3. The molecule has 7 heteroatoms. The van der Waals surface area contributed by atoms with Crippen LogP contribution < -0.4 is 5.73 Å². The molecular formula is C14H22N2O4S. The second-order valence-electron chi connectivity index (χ2n) is 4.86. The average Bonchev–Trinajstić information content (AvgIpc) is 2.40. The molecule has 0 unspecified atom stereocenters. The fraction of sp³-hybridized carbons (Fsp3) is 0.500. The van der Waals surface area contributed by atoms with Crippen LogP contribution in [0, 0.1) is 13.8 Å². The first-order valence-electron chi connectivity index (χ1n) is 6.68. The van der Waals surface area contributed by atoms with E-state index in [0.717, 1.165) is 9.87 Å². The summed E-state index contributed by atoms with van der Waals surface area (Å²) in [6.45, 7) is 5.50. The van der Waals surface area contributed by atoms with Gasteiger partial charge in [-0.15, -0.1) is 0 Å². The number of benzene rings is 1. The Morgan fingerprint density at radius 2 is 1.95 bits per heavy atom. The number of ether oxygens (including phenoxy) is 1. The van der Waals surface area contributed by atoms with Gasteiger partial charge in [-0.3, -0.25) is 4.79 Å². The number of nitrogens with zero attached hydrogens (tertiary/aromatic N) is 1. The molecule has 0 saturated carbocycles. The Morgan fingerprint density at radius 1 is 1.33 bits per heavy atom. The summed E-state index contributed by atoms with van der Waals surface area (Å²) >= 11 is 0. The summed E-state index contributed by atoms with van der Waals surface area (Å²) in [6.07, 6.45) is 0.0178. The third kappa shape index (κ3) is 4.18. The summed E-state index contributed by atoms with van der Waals surface area (Å²) < 4.78 is 31.0. The summed E-state index contributed by atoms with van der Waals surface area (Å²) in [5.74, 6) is -0.417. The highest BCUT2D eigenvalue weighted by molar-refractivity contribution is 7.89. The van der Waals surface area contributed by atoms with Gasteiger partial charge in [0.05, 0.1) is 17.9 Å². The normalized spacial score (nSPS) is 11.7. The molecule has 2 N–H and O–H groups in total. The summed E-state index contributed by atoms with van der Waals surface area (Å²) in [7, 11) is -2.24. The predicted molar refractivity (Wildman–Crippen MR) is 81.4 cm³/mol. The van der Waals surface area contributed by atoms with Gasteiger partial charge in [0.25, 0.3) is 0 Å². The summed E-state index contributed by atoms with van der Waals surface area (Å²) in [4.78, 5) is 11.5. The van der Waals surface area contributed by atoms with Crippen LogP contribution in [0.1, 0.15) is 24.5 Å². The number of rotatable bonds is 6. The number of nitrogen functional groups attached to an aromatic ring is 1. The third-order valence-electron chi connectivity index (χ3n) is 3.17. The Bertz CT molecular complexity index is 626. The maximum Gasteiger partial charge on any atom is 0.307 e. The first-order valence-corrected chi connectivity index (χ1v) is 8.12. The maximum atomic E-state index is 12.5. The van der Waals surface area contributed by atoms with E-state index in [-0.39, 0.29) is 24.5 Å². The van der Waals surface area contributed by atoms with Crippen molar-refractivity contribution < 1.29 is 17.9 Å². The molecule has 0 aliphatic rings. The minimum absolute atomic E-state index is 0.0178. The monoisotopic (exact) mass is 314 g/mol. The lowest BCUT2D eigenvalue weighted by atomic mass is 10.1. The quantitative estimate of drug-likeness (QED) is 0.634.